The van der Waals surface area contributed by atoms with Crippen molar-refractivity contribution in [2.45, 2.75) is 90.6 Å². The van der Waals surface area contributed by atoms with Crippen LogP contribution >= 0.6 is 0 Å². The summed E-state index contributed by atoms with van der Waals surface area (Å²) in [6, 6.07) is 8.30. The van der Waals surface area contributed by atoms with Gasteiger partial charge in [-0.25, -0.2) is 0 Å². The van der Waals surface area contributed by atoms with Gasteiger partial charge in [0.2, 0.25) is 11.8 Å². The Kier molecular flexibility index (Phi) is 15.3. The SMILES string of the molecule is COC1=CC=C(C)C=C(N2CCN(CC(=O)N3CCN(C4CCCC4)CC3)CC2)C1.Cc1ccc(N2CCN(CC(=O)N3CCN(C4CCCC4)CC3)CC2)cc1C. The van der Waals surface area contributed by atoms with Crippen molar-refractivity contribution in [3.05, 3.63) is 64.6 Å². The summed E-state index contributed by atoms with van der Waals surface area (Å²) in [6.07, 6.45) is 18.3. The third-order valence-electron chi connectivity index (χ3n) is 14.3. The maximum atomic E-state index is 12.9. The van der Waals surface area contributed by atoms with Crippen LogP contribution in [-0.2, 0) is 14.3 Å². The second kappa shape index (κ2) is 20.7. The fourth-order valence-corrected chi connectivity index (χ4v) is 10.2. The van der Waals surface area contributed by atoms with Crippen molar-refractivity contribution >= 4 is 17.5 Å². The van der Waals surface area contributed by atoms with Crippen molar-refractivity contribution in [2.24, 2.45) is 0 Å². The lowest BCUT2D eigenvalue weighted by Crippen LogP contribution is -2.55. The number of anilines is 1. The van der Waals surface area contributed by atoms with Crippen LogP contribution in [0.1, 0.15) is 75.8 Å². The summed E-state index contributed by atoms with van der Waals surface area (Å²) < 4.78 is 5.51. The molecule has 1 aromatic carbocycles. The molecule has 2 saturated carbocycles. The molecule has 8 rings (SSSR count). The molecule has 0 N–H and O–H groups in total. The normalized spacial score (nSPS) is 23.9. The molecule has 320 valence electrons. The van der Waals surface area contributed by atoms with Gasteiger partial charge in [0.15, 0.2) is 0 Å². The fraction of sp³-hybridized carbons (Fsp3) is 0.702. The first-order valence-corrected chi connectivity index (χ1v) is 22.9. The Morgan fingerprint density at radius 2 is 1.07 bits per heavy atom. The number of carbonyl (C=O) groups is 2. The number of methoxy groups -OCH3 is 1. The molecule has 6 fully saturated rings. The fourth-order valence-electron chi connectivity index (χ4n) is 10.2. The minimum absolute atomic E-state index is 0.312. The van der Waals surface area contributed by atoms with Gasteiger partial charge in [0.25, 0.3) is 0 Å². The van der Waals surface area contributed by atoms with Gasteiger partial charge in [0.05, 0.1) is 20.2 Å². The summed E-state index contributed by atoms with van der Waals surface area (Å²) in [5.74, 6) is 1.64. The highest BCUT2D eigenvalue weighted by Crippen LogP contribution is 2.27. The summed E-state index contributed by atoms with van der Waals surface area (Å²) in [5, 5.41) is 0. The molecule has 11 nitrogen and oxygen atoms in total. The number of nitrogens with zero attached hydrogens (tertiary/aromatic N) is 8. The minimum atomic E-state index is 0.312. The molecule has 7 aliphatic rings. The summed E-state index contributed by atoms with van der Waals surface area (Å²) in [4.78, 5) is 44.6. The Hall–Kier alpha value is -3.38. The van der Waals surface area contributed by atoms with Crippen LogP contribution in [0.15, 0.2) is 53.5 Å². The van der Waals surface area contributed by atoms with Crippen molar-refractivity contribution < 1.29 is 14.3 Å². The average molecular weight is 799 g/mol. The van der Waals surface area contributed by atoms with E-state index in [2.05, 4.69) is 96.4 Å². The van der Waals surface area contributed by atoms with Crippen LogP contribution in [0.4, 0.5) is 5.69 Å². The van der Waals surface area contributed by atoms with Gasteiger partial charge in [-0.3, -0.25) is 29.2 Å². The van der Waals surface area contributed by atoms with Crippen molar-refractivity contribution in [3.63, 3.8) is 0 Å². The number of ether oxygens (including phenoxy) is 1. The second-order valence-electron chi connectivity index (χ2n) is 18.1. The predicted octanol–water partition coefficient (Wildman–Crippen LogP) is 4.97. The van der Waals surface area contributed by atoms with Crippen molar-refractivity contribution in [1.82, 2.24) is 34.3 Å². The lowest BCUT2D eigenvalue weighted by atomic mass is 10.1. The molecule has 4 heterocycles. The van der Waals surface area contributed by atoms with Crippen LogP contribution < -0.4 is 4.90 Å². The minimum Gasteiger partial charge on any atom is -0.501 e. The van der Waals surface area contributed by atoms with Gasteiger partial charge in [-0.2, -0.15) is 0 Å². The Morgan fingerprint density at radius 1 is 0.586 bits per heavy atom. The number of aryl methyl sites for hydroxylation is 2. The third-order valence-corrected chi connectivity index (χ3v) is 14.3. The van der Waals surface area contributed by atoms with Gasteiger partial charge in [0, 0.05) is 135 Å². The van der Waals surface area contributed by atoms with E-state index in [1.165, 1.54) is 79.5 Å². The van der Waals surface area contributed by atoms with E-state index in [4.69, 9.17) is 4.74 Å². The second-order valence-corrected chi connectivity index (χ2v) is 18.1. The number of allylic oxidation sites excluding steroid dienone is 4. The van der Waals surface area contributed by atoms with Crippen molar-refractivity contribution in [1.29, 1.82) is 0 Å². The largest absolute Gasteiger partial charge is 0.501 e. The molecule has 0 atom stereocenters. The Morgan fingerprint density at radius 3 is 1.53 bits per heavy atom. The molecule has 11 heteroatoms. The van der Waals surface area contributed by atoms with E-state index in [1.54, 1.807) is 7.11 Å². The topological polar surface area (TPSA) is 69.3 Å². The van der Waals surface area contributed by atoms with E-state index < -0.39 is 0 Å². The first-order valence-electron chi connectivity index (χ1n) is 22.9. The summed E-state index contributed by atoms with van der Waals surface area (Å²) in [5.41, 5.74) is 6.60. The number of amides is 2. The highest BCUT2D eigenvalue weighted by atomic mass is 16.5. The van der Waals surface area contributed by atoms with E-state index in [1.807, 2.05) is 0 Å². The van der Waals surface area contributed by atoms with E-state index in [-0.39, 0.29) is 0 Å². The molecule has 0 unspecified atom stereocenters. The van der Waals surface area contributed by atoms with Crippen LogP contribution in [0.5, 0.6) is 0 Å². The molecule has 0 aromatic heterocycles. The van der Waals surface area contributed by atoms with E-state index in [0.29, 0.717) is 24.9 Å². The van der Waals surface area contributed by atoms with Crippen molar-refractivity contribution in [3.8, 4) is 0 Å². The molecule has 4 aliphatic heterocycles. The van der Waals surface area contributed by atoms with Gasteiger partial charge < -0.3 is 24.3 Å². The molecule has 0 radical (unpaired) electrons. The quantitative estimate of drug-likeness (QED) is 0.345. The molecule has 4 saturated heterocycles. The van der Waals surface area contributed by atoms with Crippen LogP contribution in [0.25, 0.3) is 0 Å². The Bertz CT molecular complexity index is 1600. The number of benzene rings is 1. The first-order chi connectivity index (χ1) is 28.2. The first kappa shape index (κ1) is 42.7. The highest BCUT2D eigenvalue weighted by molar-refractivity contribution is 5.79. The molecule has 1 aromatic rings. The molecule has 58 heavy (non-hydrogen) atoms. The molecule has 3 aliphatic carbocycles. The monoisotopic (exact) mass is 799 g/mol. The van der Waals surface area contributed by atoms with Gasteiger partial charge in [0.1, 0.15) is 5.76 Å². The molecular formula is C47H74N8O3. The number of carbonyl (C=O) groups excluding carboxylic acids is 2. The lowest BCUT2D eigenvalue weighted by Gasteiger charge is -2.40. The maximum Gasteiger partial charge on any atom is 0.236 e. The number of hydrogen-bond acceptors (Lipinski definition) is 9. The third kappa shape index (κ3) is 11.5. The summed E-state index contributed by atoms with van der Waals surface area (Å²) >= 11 is 0. The Labute approximate surface area is 350 Å². The maximum absolute atomic E-state index is 12.9. The van der Waals surface area contributed by atoms with Crippen molar-refractivity contribution in [2.75, 3.05) is 130 Å². The molecule has 2 amide bonds. The van der Waals surface area contributed by atoms with Crippen LogP contribution in [-0.4, -0.2) is 183 Å². The van der Waals surface area contributed by atoms with Gasteiger partial charge in [-0.1, -0.05) is 37.8 Å². The smallest absolute Gasteiger partial charge is 0.236 e. The summed E-state index contributed by atoms with van der Waals surface area (Å²) in [7, 11) is 1.75. The van der Waals surface area contributed by atoms with Gasteiger partial charge >= 0.3 is 0 Å². The average Bonchev–Trinajstić information content (AvgIpc) is 3.97. The Balaban J connectivity index is 0.000000177. The molecule has 0 bridgehead atoms. The number of rotatable bonds is 9. The zero-order valence-electron chi connectivity index (χ0n) is 36.5. The van der Waals surface area contributed by atoms with Crippen LogP contribution in [0, 0.1) is 13.8 Å². The van der Waals surface area contributed by atoms with Crippen LogP contribution in [0.2, 0.25) is 0 Å². The number of hydrogen-bond donors (Lipinski definition) is 0. The molecule has 0 spiro atoms. The number of piperazine rings is 4. The zero-order chi connectivity index (χ0) is 40.4. The van der Waals surface area contributed by atoms with E-state index in [9.17, 15) is 9.59 Å². The van der Waals surface area contributed by atoms with Gasteiger partial charge in [-0.05, 0) is 87.4 Å². The lowest BCUT2D eigenvalue weighted by molar-refractivity contribution is -0.135. The van der Waals surface area contributed by atoms with Gasteiger partial charge in [-0.15, -0.1) is 0 Å². The zero-order valence-corrected chi connectivity index (χ0v) is 36.5. The predicted molar refractivity (Wildman–Crippen MR) is 235 cm³/mol. The summed E-state index contributed by atoms with van der Waals surface area (Å²) in [6.45, 7) is 23.3. The van der Waals surface area contributed by atoms with Crippen LogP contribution in [0.3, 0.4) is 0 Å². The van der Waals surface area contributed by atoms with E-state index >= 15 is 0 Å². The molecular weight excluding hydrogens is 725 g/mol. The standard InChI is InChI=1S/C24H38N4O2.C23H36N4O/c1-20-7-8-23(30-2)18-22(17-20)27-11-9-25(10-12-27)19-24(29)28-15-13-26(14-16-28)21-5-3-4-6-21;1-19-7-8-22(17-20(19)2)26-11-9-24(10-12-26)18-23(28)27-15-13-25(14-16-27)21-5-3-4-6-21/h7-8,17,21H,3-6,9-16,18-19H2,1-2H3;7-8,17,21H,3-6,9-16,18H2,1-2H3. The highest BCUT2D eigenvalue weighted by Gasteiger charge is 2.31. The van der Waals surface area contributed by atoms with E-state index in [0.717, 1.165) is 129 Å².